The fourth-order valence-electron chi connectivity index (χ4n) is 3.90. The van der Waals surface area contributed by atoms with Crippen molar-refractivity contribution in [3.8, 4) is 12.1 Å². The number of aromatic nitrogens is 1. The third kappa shape index (κ3) is 4.79. The Morgan fingerprint density at radius 3 is 1.31 bits per heavy atom. The Morgan fingerprint density at radius 2 is 1.00 bits per heavy atom. The fraction of sp³-hybridized carbons (Fsp3) is 0.222. The average molecular weight is 420 g/mol. The van der Waals surface area contributed by atoms with Gasteiger partial charge in [0.15, 0.2) is 11.4 Å². The summed E-state index contributed by atoms with van der Waals surface area (Å²) >= 11 is 0. The molecule has 0 amide bonds. The highest BCUT2D eigenvalue weighted by Crippen LogP contribution is 2.27. The molecule has 3 aromatic rings. The molecule has 0 fully saturated rings. The summed E-state index contributed by atoms with van der Waals surface area (Å²) in [5, 5.41) is 19.6. The molecule has 2 aromatic carbocycles. The third-order valence-electron chi connectivity index (χ3n) is 5.16. The van der Waals surface area contributed by atoms with Crippen molar-refractivity contribution in [3.05, 3.63) is 87.2 Å². The van der Waals surface area contributed by atoms with Gasteiger partial charge in [0.25, 0.3) is 0 Å². The van der Waals surface area contributed by atoms with Crippen LogP contribution in [0.1, 0.15) is 44.8 Å². The molecule has 1 aromatic heterocycles. The molecule has 5 nitrogen and oxygen atoms in total. The van der Waals surface area contributed by atoms with Crippen molar-refractivity contribution in [3.63, 3.8) is 0 Å². The number of aliphatic imine (C=N–C) groups is 2. The topological polar surface area (TPSA) is 85.2 Å². The molecule has 0 atom stereocenters. The summed E-state index contributed by atoms with van der Waals surface area (Å²) in [4.78, 5) is 13.8. The second kappa shape index (κ2) is 9.37. The number of aryl methyl sites for hydroxylation is 6. The second-order valence-corrected chi connectivity index (χ2v) is 8.05. The number of rotatable bonds is 4. The minimum absolute atomic E-state index is 0.196. The molecule has 5 heteroatoms. The van der Waals surface area contributed by atoms with Crippen LogP contribution in [0.3, 0.4) is 0 Å². The van der Waals surface area contributed by atoms with Gasteiger partial charge >= 0.3 is 0 Å². The molecule has 0 aliphatic rings. The van der Waals surface area contributed by atoms with Gasteiger partial charge in [-0.1, -0.05) is 41.5 Å². The predicted octanol–water partition coefficient (Wildman–Crippen LogP) is 6.22. The Hall–Kier alpha value is -4.09. The van der Waals surface area contributed by atoms with Crippen LogP contribution in [-0.2, 0) is 0 Å². The molecule has 32 heavy (non-hydrogen) atoms. The van der Waals surface area contributed by atoms with E-state index in [0.717, 1.165) is 44.8 Å². The van der Waals surface area contributed by atoms with Crippen molar-refractivity contribution < 1.29 is 0 Å². The lowest BCUT2D eigenvalue weighted by molar-refractivity contribution is 1.23. The Morgan fingerprint density at radius 1 is 0.656 bits per heavy atom. The van der Waals surface area contributed by atoms with Crippen molar-refractivity contribution in [2.24, 2.45) is 9.98 Å². The quantitative estimate of drug-likeness (QED) is 0.470. The molecule has 0 bridgehead atoms. The van der Waals surface area contributed by atoms with Crippen LogP contribution >= 0.6 is 0 Å². The largest absolute Gasteiger partial charge is 0.243 e. The van der Waals surface area contributed by atoms with E-state index in [1.54, 1.807) is 18.2 Å². The van der Waals surface area contributed by atoms with E-state index < -0.39 is 0 Å². The zero-order valence-electron chi connectivity index (χ0n) is 19.3. The zero-order chi connectivity index (χ0) is 23.4. The summed E-state index contributed by atoms with van der Waals surface area (Å²) < 4.78 is 0. The van der Waals surface area contributed by atoms with E-state index in [9.17, 15) is 10.5 Å². The van der Waals surface area contributed by atoms with Gasteiger partial charge in [-0.3, -0.25) is 0 Å². The normalized spacial score (nSPS) is 11.8. The Bertz CT molecular complexity index is 1200. The number of pyridine rings is 1. The maximum atomic E-state index is 9.78. The molecule has 3 rings (SSSR count). The van der Waals surface area contributed by atoms with Gasteiger partial charge in [0.2, 0.25) is 0 Å². The Balaban J connectivity index is 2.09. The van der Waals surface area contributed by atoms with Crippen LogP contribution in [0.15, 0.2) is 52.4 Å². The summed E-state index contributed by atoms with van der Waals surface area (Å²) in [5.74, 6) is 0. The minimum atomic E-state index is 0.196. The van der Waals surface area contributed by atoms with E-state index in [-0.39, 0.29) is 11.4 Å². The smallest absolute Gasteiger partial charge is 0.166 e. The van der Waals surface area contributed by atoms with Gasteiger partial charge in [-0.25, -0.2) is 15.0 Å². The average Bonchev–Trinajstić information content (AvgIpc) is 2.73. The van der Waals surface area contributed by atoms with Crippen molar-refractivity contribution in [2.45, 2.75) is 41.5 Å². The molecule has 158 valence electrons. The van der Waals surface area contributed by atoms with Crippen molar-refractivity contribution in [2.75, 3.05) is 0 Å². The van der Waals surface area contributed by atoms with Crippen LogP contribution in [0, 0.1) is 64.2 Å². The maximum Gasteiger partial charge on any atom is 0.166 e. The summed E-state index contributed by atoms with van der Waals surface area (Å²) in [6.07, 6.45) is 0. The number of hydrogen-bond acceptors (Lipinski definition) is 5. The highest BCUT2D eigenvalue weighted by molar-refractivity contribution is 6.14. The number of benzene rings is 2. The van der Waals surface area contributed by atoms with Crippen LogP contribution in [0.25, 0.3) is 0 Å². The van der Waals surface area contributed by atoms with E-state index in [1.165, 1.54) is 0 Å². The fourth-order valence-corrected chi connectivity index (χ4v) is 3.90. The summed E-state index contributed by atoms with van der Waals surface area (Å²) in [6, 6.07) is 17.7. The van der Waals surface area contributed by atoms with Gasteiger partial charge in [-0.15, -0.1) is 0 Å². The highest BCUT2D eigenvalue weighted by Gasteiger charge is 2.13. The molecule has 0 spiro atoms. The lowest BCUT2D eigenvalue weighted by atomic mass is 10.0. The van der Waals surface area contributed by atoms with Crippen molar-refractivity contribution in [1.82, 2.24) is 4.98 Å². The van der Waals surface area contributed by atoms with Gasteiger partial charge in [0.05, 0.1) is 11.4 Å². The standard InChI is InChI=1S/C27H25N5/c1-16-10-18(3)26(19(4)11-16)31-24(14-28)22-8-7-9-23(30-22)25(15-29)32-27-20(5)12-17(2)13-21(27)6/h7-13H,1-6H3. The number of hydrogen-bond donors (Lipinski definition) is 0. The first-order valence-corrected chi connectivity index (χ1v) is 10.3. The lowest BCUT2D eigenvalue weighted by Gasteiger charge is -2.09. The molecule has 0 saturated heterocycles. The van der Waals surface area contributed by atoms with Crippen LogP contribution in [0.2, 0.25) is 0 Å². The third-order valence-corrected chi connectivity index (χ3v) is 5.16. The van der Waals surface area contributed by atoms with Gasteiger partial charge in [0, 0.05) is 0 Å². The van der Waals surface area contributed by atoms with Gasteiger partial charge in [-0.2, -0.15) is 10.5 Å². The van der Waals surface area contributed by atoms with E-state index >= 15 is 0 Å². The first-order chi connectivity index (χ1) is 15.2. The van der Waals surface area contributed by atoms with E-state index in [2.05, 4.69) is 27.1 Å². The Kier molecular flexibility index (Phi) is 6.61. The molecule has 0 aliphatic heterocycles. The second-order valence-electron chi connectivity index (χ2n) is 8.05. The molecular weight excluding hydrogens is 394 g/mol. The van der Waals surface area contributed by atoms with E-state index in [1.807, 2.05) is 65.8 Å². The van der Waals surface area contributed by atoms with E-state index in [4.69, 9.17) is 0 Å². The maximum absolute atomic E-state index is 9.78. The number of nitrogens with zero attached hydrogens (tertiary/aromatic N) is 5. The monoisotopic (exact) mass is 419 g/mol. The van der Waals surface area contributed by atoms with Gasteiger partial charge < -0.3 is 0 Å². The van der Waals surface area contributed by atoms with Crippen LogP contribution in [0.4, 0.5) is 11.4 Å². The first-order valence-electron chi connectivity index (χ1n) is 10.3. The first kappa shape index (κ1) is 22.6. The summed E-state index contributed by atoms with van der Waals surface area (Å²) in [6.45, 7) is 12.0. The molecule has 1 heterocycles. The van der Waals surface area contributed by atoms with Crippen LogP contribution in [-0.4, -0.2) is 16.4 Å². The van der Waals surface area contributed by atoms with Crippen molar-refractivity contribution >= 4 is 22.8 Å². The highest BCUT2D eigenvalue weighted by atomic mass is 14.8. The van der Waals surface area contributed by atoms with Gasteiger partial charge in [-0.05, 0) is 75.9 Å². The Labute approximate surface area is 189 Å². The van der Waals surface area contributed by atoms with E-state index in [0.29, 0.717) is 11.4 Å². The summed E-state index contributed by atoms with van der Waals surface area (Å²) in [5.41, 5.74) is 9.01. The van der Waals surface area contributed by atoms with Crippen molar-refractivity contribution in [1.29, 1.82) is 10.5 Å². The summed E-state index contributed by atoms with van der Waals surface area (Å²) in [7, 11) is 0. The van der Waals surface area contributed by atoms with Gasteiger partial charge in [0.1, 0.15) is 23.5 Å². The molecule has 0 radical (unpaired) electrons. The SMILES string of the molecule is Cc1cc(C)c(N=C(C#N)c2cccc(C(C#N)=Nc3c(C)cc(C)cc3C)n2)c(C)c1. The lowest BCUT2D eigenvalue weighted by Crippen LogP contribution is -2.07. The predicted molar refractivity (Wildman–Crippen MR) is 129 cm³/mol. The molecule has 0 saturated carbocycles. The molecule has 0 N–H and O–H groups in total. The molecular formula is C27H25N5. The number of nitriles is 2. The molecule has 0 unspecified atom stereocenters. The zero-order valence-corrected chi connectivity index (χ0v) is 19.3. The molecule has 0 aliphatic carbocycles. The van der Waals surface area contributed by atoms with Crippen LogP contribution in [0.5, 0.6) is 0 Å². The van der Waals surface area contributed by atoms with Crippen LogP contribution < -0.4 is 0 Å². The minimum Gasteiger partial charge on any atom is -0.243 e.